The quantitative estimate of drug-likeness (QED) is 0.508. The van der Waals surface area contributed by atoms with Crippen molar-refractivity contribution in [2.24, 2.45) is 0 Å². The Bertz CT molecular complexity index is 47.0. The predicted molar refractivity (Wildman–Crippen MR) is 28.4 cm³/mol. The molecular weight excluding hydrogens is 115 g/mol. The Morgan fingerprint density at radius 2 is 2.00 bits per heavy atom. The molecule has 2 nitrogen and oxygen atoms in total. The van der Waals surface area contributed by atoms with E-state index >= 15 is 0 Å². The molecule has 0 saturated heterocycles. The van der Waals surface area contributed by atoms with Gasteiger partial charge in [0.1, 0.15) is 0 Å². The fourth-order valence-corrected chi connectivity index (χ4v) is 0.387. The van der Waals surface area contributed by atoms with E-state index in [4.69, 9.17) is 21.8 Å². The molecule has 0 aliphatic carbocycles. The molecular formula is C4H9ClO2. The smallest absolute Gasteiger partial charge is 0.0931 e. The van der Waals surface area contributed by atoms with Crippen LogP contribution in [0.15, 0.2) is 0 Å². The van der Waals surface area contributed by atoms with E-state index in [1.165, 1.54) is 6.92 Å². The second-order valence-corrected chi connectivity index (χ2v) is 1.77. The molecule has 0 aromatic rings. The van der Waals surface area contributed by atoms with Gasteiger partial charge in [-0.3, -0.25) is 0 Å². The first-order valence-electron chi connectivity index (χ1n) is 2.10. The van der Waals surface area contributed by atoms with Crippen molar-refractivity contribution in [1.82, 2.24) is 0 Å². The molecule has 0 aromatic heterocycles. The zero-order valence-electron chi connectivity index (χ0n) is 4.13. The first kappa shape index (κ1) is 7.21. The van der Waals surface area contributed by atoms with Gasteiger partial charge in [0, 0.05) is 0 Å². The van der Waals surface area contributed by atoms with E-state index < -0.39 is 12.2 Å². The lowest BCUT2D eigenvalue weighted by molar-refractivity contribution is 0.0460. The summed E-state index contributed by atoms with van der Waals surface area (Å²) < 4.78 is 0. The third kappa shape index (κ3) is 2.85. The number of aliphatic hydroxyl groups is 2. The normalized spacial score (nSPS) is 18.9. The Labute approximate surface area is 47.7 Å². The van der Waals surface area contributed by atoms with Crippen LogP contribution in [0.25, 0.3) is 0 Å². The van der Waals surface area contributed by atoms with E-state index in [1.54, 1.807) is 0 Å². The summed E-state index contributed by atoms with van der Waals surface area (Å²) in [6.07, 6.45) is -1.49. The van der Waals surface area contributed by atoms with Crippen LogP contribution >= 0.6 is 11.6 Å². The van der Waals surface area contributed by atoms with Gasteiger partial charge in [-0.1, -0.05) is 0 Å². The summed E-state index contributed by atoms with van der Waals surface area (Å²) in [4.78, 5) is 0. The van der Waals surface area contributed by atoms with Gasteiger partial charge in [-0.05, 0) is 6.92 Å². The van der Waals surface area contributed by atoms with Crippen molar-refractivity contribution in [2.75, 3.05) is 5.88 Å². The number of aliphatic hydroxyl groups excluding tert-OH is 2. The van der Waals surface area contributed by atoms with Crippen LogP contribution in [0.1, 0.15) is 6.92 Å². The van der Waals surface area contributed by atoms with E-state index in [0.29, 0.717) is 0 Å². The molecule has 0 unspecified atom stereocenters. The van der Waals surface area contributed by atoms with Crippen molar-refractivity contribution in [1.29, 1.82) is 0 Å². The molecule has 0 amide bonds. The van der Waals surface area contributed by atoms with Crippen LogP contribution in [0.2, 0.25) is 0 Å². The molecule has 0 heterocycles. The molecule has 2 atom stereocenters. The molecule has 0 aliphatic rings. The minimum Gasteiger partial charge on any atom is -0.391 e. The van der Waals surface area contributed by atoms with Gasteiger partial charge in [-0.25, -0.2) is 0 Å². The van der Waals surface area contributed by atoms with Crippen molar-refractivity contribution in [3.8, 4) is 0 Å². The van der Waals surface area contributed by atoms with Gasteiger partial charge < -0.3 is 10.2 Å². The number of halogens is 1. The molecule has 7 heavy (non-hydrogen) atoms. The standard InChI is InChI=1S/C4H9ClO2/c1-3(6)4(7)2-5/h3-4,6-7H,2H2,1H3/t3-,4+/m0/s1. The van der Waals surface area contributed by atoms with Gasteiger partial charge in [-0.15, -0.1) is 11.6 Å². The second kappa shape index (κ2) is 3.24. The van der Waals surface area contributed by atoms with Crippen molar-refractivity contribution in [3.05, 3.63) is 0 Å². The Morgan fingerprint density at radius 1 is 1.57 bits per heavy atom. The lowest BCUT2D eigenvalue weighted by atomic mass is 10.3. The molecule has 0 saturated carbocycles. The molecule has 2 N–H and O–H groups in total. The predicted octanol–water partition coefficient (Wildman–Crippen LogP) is -0.0331. The van der Waals surface area contributed by atoms with Gasteiger partial charge >= 0.3 is 0 Å². The highest BCUT2D eigenvalue weighted by atomic mass is 35.5. The Morgan fingerprint density at radius 3 is 2.00 bits per heavy atom. The highest BCUT2D eigenvalue weighted by Gasteiger charge is 2.06. The maximum Gasteiger partial charge on any atom is 0.0931 e. The van der Waals surface area contributed by atoms with Gasteiger partial charge in [0.15, 0.2) is 0 Å². The fourth-order valence-electron chi connectivity index (χ4n) is 0.129. The first-order valence-corrected chi connectivity index (χ1v) is 2.64. The van der Waals surface area contributed by atoms with Crippen molar-refractivity contribution < 1.29 is 10.2 Å². The first-order chi connectivity index (χ1) is 3.18. The van der Waals surface area contributed by atoms with E-state index in [-0.39, 0.29) is 5.88 Å². The molecule has 0 aromatic carbocycles. The highest BCUT2D eigenvalue weighted by Crippen LogP contribution is 1.92. The monoisotopic (exact) mass is 124 g/mol. The fraction of sp³-hybridized carbons (Fsp3) is 1.00. The van der Waals surface area contributed by atoms with Crippen LogP contribution in [0, 0.1) is 0 Å². The molecule has 0 rings (SSSR count). The number of rotatable bonds is 2. The van der Waals surface area contributed by atoms with E-state index in [1.807, 2.05) is 0 Å². The third-order valence-electron chi connectivity index (χ3n) is 0.715. The average Bonchev–Trinajstić information content (AvgIpc) is 1.65. The molecule has 0 fully saturated rings. The topological polar surface area (TPSA) is 40.5 Å². The Kier molecular flexibility index (Phi) is 3.34. The Balaban J connectivity index is 3.14. The lowest BCUT2D eigenvalue weighted by Crippen LogP contribution is -2.23. The number of hydrogen-bond donors (Lipinski definition) is 2. The largest absolute Gasteiger partial charge is 0.391 e. The summed E-state index contributed by atoms with van der Waals surface area (Å²) in [6, 6.07) is 0. The molecule has 44 valence electrons. The van der Waals surface area contributed by atoms with E-state index in [9.17, 15) is 0 Å². The van der Waals surface area contributed by atoms with Crippen LogP contribution in [0.3, 0.4) is 0 Å². The lowest BCUT2D eigenvalue weighted by Gasteiger charge is -2.07. The zero-order valence-corrected chi connectivity index (χ0v) is 4.89. The maximum atomic E-state index is 8.55. The summed E-state index contributed by atoms with van der Waals surface area (Å²) in [5.41, 5.74) is 0. The highest BCUT2D eigenvalue weighted by molar-refractivity contribution is 6.18. The summed E-state index contributed by atoms with van der Waals surface area (Å²) in [5.74, 6) is 0.0949. The average molecular weight is 125 g/mol. The number of hydrogen-bond acceptors (Lipinski definition) is 2. The molecule has 0 aliphatic heterocycles. The molecule has 0 spiro atoms. The van der Waals surface area contributed by atoms with Crippen molar-refractivity contribution >= 4 is 11.6 Å². The maximum absolute atomic E-state index is 8.55. The molecule has 0 radical (unpaired) electrons. The third-order valence-corrected chi connectivity index (χ3v) is 1.03. The van der Waals surface area contributed by atoms with Crippen LogP contribution in [-0.4, -0.2) is 28.3 Å². The number of alkyl halides is 1. The van der Waals surface area contributed by atoms with Gasteiger partial charge in [-0.2, -0.15) is 0 Å². The van der Waals surface area contributed by atoms with Gasteiger partial charge in [0.25, 0.3) is 0 Å². The van der Waals surface area contributed by atoms with Gasteiger partial charge in [0.2, 0.25) is 0 Å². The van der Waals surface area contributed by atoms with Crippen molar-refractivity contribution in [2.45, 2.75) is 19.1 Å². The summed E-state index contributed by atoms with van der Waals surface area (Å²) >= 11 is 5.14. The summed E-state index contributed by atoms with van der Waals surface area (Å²) in [5, 5.41) is 17.0. The van der Waals surface area contributed by atoms with Crippen LogP contribution in [0.5, 0.6) is 0 Å². The molecule has 3 heteroatoms. The summed E-state index contributed by atoms with van der Waals surface area (Å²) in [6.45, 7) is 1.49. The second-order valence-electron chi connectivity index (χ2n) is 1.46. The molecule has 0 bridgehead atoms. The minimum absolute atomic E-state index is 0.0949. The summed E-state index contributed by atoms with van der Waals surface area (Å²) in [7, 11) is 0. The SMILES string of the molecule is C[C@H](O)[C@H](O)CCl. The minimum atomic E-state index is -0.776. The van der Waals surface area contributed by atoms with E-state index in [2.05, 4.69) is 0 Å². The van der Waals surface area contributed by atoms with Crippen molar-refractivity contribution in [3.63, 3.8) is 0 Å². The van der Waals surface area contributed by atoms with Crippen LogP contribution in [-0.2, 0) is 0 Å². The van der Waals surface area contributed by atoms with E-state index in [0.717, 1.165) is 0 Å². The van der Waals surface area contributed by atoms with Gasteiger partial charge in [0.05, 0.1) is 18.1 Å². The zero-order chi connectivity index (χ0) is 5.86. The Hall–Kier alpha value is 0.210. The van der Waals surface area contributed by atoms with Crippen LogP contribution < -0.4 is 0 Å². The van der Waals surface area contributed by atoms with Crippen LogP contribution in [0.4, 0.5) is 0 Å².